The molecular weight excluding hydrogens is 520 g/mol. The highest BCUT2D eigenvalue weighted by molar-refractivity contribution is 6.23. The topological polar surface area (TPSA) is 13.1 Å². The smallest absolute Gasteiger partial charge is 0.136 e. The fourth-order valence-corrected chi connectivity index (χ4v) is 6.39. The van der Waals surface area contributed by atoms with Gasteiger partial charge in [0.15, 0.2) is 0 Å². The van der Waals surface area contributed by atoms with Crippen LogP contribution < -0.4 is 0 Å². The van der Waals surface area contributed by atoms with Gasteiger partial charge in [0, 0.05) is 10.8 Å². The van der Waals surface area contributed by atoms with Gasteiger partial charge in [-0.1, -0.05) is 133 Å². The third-order valence-electron chi connectivity index (χ3n) is 8.30. The second kappa shape index (κ2) is 9.44. The van der Waals surface area contributed by atoms with Crippen molar-refractivity contribution in [2.24, 2.45) is 0 Å². The Kier molecular flexibility index (Phi) is 3.80. The van der Waals surface area contributed by atoms with Crippen molar-refractivity contribution in [3.8, 4) is 33.4 Å². The second-order valence-corrected chi connectivity index (χ2v) is 10.7. The molecule has 1 heterocycles. The summed E-state index contributed by atoms with van der Waals surface area (Å²) in [4.78, 5) is 0. The van der Waals surface area contributed by atoms with E-state index in [-0.39, 0.29) is 45.7 Å². The molecule has 0 saturated heterocycles. The van der Waals surface area contributed by atoms with Gasteiger partial charge in [0.1, 0.15) is 11.2 Å². The standard InChI is InChI=1S/C42H26O/c1-2-15-31-27(11-1)12-10-21-34(31)42-37-19-5-3-17-35(37)41(36-18-4-6-20-38(36)42)30-14-9-13-28(25-30)29-23-24-33-32-16-7-8-22-39(32)43-40(33)26-29/h1-26H/i3D,4D,5D,6D,17D,18D,19D,20D. The molecule has 0 radical (unpaired) electrons. The number of benzene rings is 8. The van der Waals surface area contributed by atoms with Gasteiger partial charge in [-0.05, 0) is 90.0 Å². The Morgan fingerprint density at radius 3 is 1.77 bits per heavy atom. The van der Waals surface area contributed by atoms with E-state index < -0.39 is 24.2 Å². The number of furan rings is 1. The van der Waals surface area contributed by atoms with Crippen molar-refractivity contribution in [1.82, 2.24) is 0 Å². The maximum absolute atomic E-state index is 9.30. The van der Waals surface area contributed by atoms with Gasteiger partial charge in [0.05, 0.1) is 11.0 Å². The number of rotatable bonds is 3. The molecule has 0 atom stereocenters. The van der Waals surface area contributed by atoms with E-state index in [4.69, 9.17) is 9.90 Å². The van der Waals surface area contributed by atoms with Crippen molar-refractivity contribution in [2.45, 2.75) is 0 Å². The Hall–Kier alpha value is -5.66. The minimum atomic E-state index is -0.427. The summed E-state index contributed by atoms with van der Waals surface area (Å²) in [6.07, 6.45) is 0. The van der Waals surface area contributed by atoms with Crippen molar-refractivity contribution in [1.29, 1.82) is 0 Å². The average Bonchev–Trinajstić information content (AvgIpc) is 3.54. The first-order valence-corrected chi connectivity index (χ1v) is 14.1. The molecule has 9 rings (SSSR count). The molecule has 0 unspecified atom stereocenters. The molecule has 8 aromatic carbocycles. The summed E-state index contributed by atoms with van der Waals surface area (Å²) in [6.45, 7) is 0. The van der Waals surface area contributed by atoms with Crippen LogP contribution in [0.3, 0.4) is 0 Å². The molecule has 0 aliphatic heterocycles. The van der Waals surface area contributed by atoms with Crippen LogP contribution in [0.15, 0.2) is 162 Å². The Morgan fingerprint density at radius 2 is 0.977 bits per heavy atom. The normalized spacial score (nSPS) is 14.3. The minimum absolute atomic E-state index is 0.186. The Balaban J connectivity index is 1.45. The van der Waals surface area contributed by atoms with Crippen molar-refractivity contribution in [3.05, 3.63) is 158 Å². The molecular formula is C42H26O. The van der Waals surface area contributed by atoms with Gasteiger partial charge in [0.25, 0.3) is 0 Å². The van der Waals surface area contributed by atoms with Crippen LogP contribution in [0.4, 0.5) is 0 Å². The maximum atomic E-state index is 9.30. The highest BCUT2D eigenvalue weighted by Crippen LogP contribution is 2.45. The fraction of sp³-hybridized carbons (Fsp3) is 0. The molecule has 1 nitrogen and oxygen atoms in total. The quantitative estimate of drug-likeness (QED) is 0.198. The molecule has 0 bridgehead atoms. The first kappa shape index (κ1) is 17.3. The zero-order valence-electron chi connectivity index (χ0n) is 30.8. The number of para-hydroxylation sites is 1. The monoisotopic (exact) mass is 554 g/mol. The highest BCUT2D eigenvalue weighted by Gasteiger charge is 2.18. The van der Waals surface area contributed by atoms with Crippen LogP contribution >= 0.6 is 0 Å². The molecule has 200 valence electrons. The maximum Gasteiger partial charge on any atom is 0.136 e. The lowest BCUT2D eigenvalue weighted by Gasteiger charge is -2.19. The van der Waals surface area contributed by atoms with E-state index in [1.165, 1.54) is 0 Å². The van der Waals surface area contributed by atoms with Crippen LogP contribution in [0.25, 0.3) is 87.6 Å². The van der Waals surface area contributed by atoms with Crippen LogP contribution in [0, 0.1) is 0 Å². The average molecular weight is 555 g/mol. The lowest BCUT2D eigenvalue weighted by Crippen LogP contribution is -1.92. The number of hydrogen-bond acceptors (Lipinski definition) is 1. The van der Waals surface area contributed by atoms with Gasteiger partial charge in [0.2, 0.25) is 0 Å². The van der Waals surface area contributed by atoms with Gasteiger partial charge in [-0.3, -0.25) is 0 Å². The van der Waals surface area contributed by atoms with Crippen LogP contribution in [-0.2, 0) is 0 Å². The van der Waals surface area contributed by atoms with Crippen molar-refractivity contribution in [2.75, 3.05) is 0 Å². The summed E-state index contributed by atoms with van der Waals surface area (Å²) < 4.78 is 78.3. The second-order valence-electron chi connectivity index (χ2n) is 10.7. The van der Waals surface area contributed by atoms with Crippen molar-refractivity contribution < 1.29 is 15.4 Å². The van der Waals surface area contributed by atoms with Gasteiger partial charge in [-0.15, -0.1) is 0 Å². The van der Waals surface area contributed by atoms with E-state index in [1.807, 2.05) is 109 Å². The fourth-order valence-electron chi connectivity index (χ4n) is 6.39. The SMILES string of the molecule is [2H]c1c([2H])c([2H])c2c(-c3cccc4ccccc34)c3c([2H])c([2H])c([2H])c([2H])c3c(-c3cccc(-c4ccc5c(c4)oc4ccccc45)c3)c2c1[2H]. The van der Waals surface area contributed by atoms with E-state index in [0.717, 1.165) is 43.8 Å². The summed E-state index contributed by atoms with van der Waals surface area (Å²) >= 11 is 0. The Bertz CT molecular complexity index is 2880. The summed E-state index contributed by atoms with van der Waals surface area (Å²) in [5, 5.41) is 4.43. The summed E-state index contributed by atoms with van der Waals surface area (Å²) in [5.41, 5.74) is 4.97. The molecule has 0 amide bonds. The zero-order chi connectivity index (χ0) is 35.3. The third-order valence-corrected chi connectivity index (χ3v) is 8.30. The molecule has 0 aliphatic carbocycles. The predicted molar refractivity (Wildman–Crippen MR) is 183 cm³/mol. The number of fused-ring (bicyclic) bond motifs is 6. The van der Waals surface area contributed by atoms with Gasteiger partial charge in [-0.2, -0.15) is 0 Å². The van der Waals surface area contributed by atoms with E-state index in [2.05, 4.69) is 0 Å². The van der Waals surface area contributed by atoms with Crippen LogP contribution in [0.1, 0.15) is 11.0 Å². The molecule has 0 spiro atoms. The lowest BCUT2D eigenvalue weighted by atomic mass is 9.84. The van der Waals surface area contributed by atoms with Crippen LogP contribution in [0.5, 0.6) is 0 Å². The van der Waals surface area contributed by atoms with Crippen molar-refractivity contribution >= 4 is 54.3 Å². The molecule has 1 heteroatoms. The molecule has 0 N–H and O–H groups in total. The van der Waals surface area contributed by atoms with E-state index in [1.54, 1.807) is 0 Å². The Morgan fingerprint density at radius 1 is 0.395 bits per heavy atom. The van der Waals surface area contributed by atoms with E-state index in [0.29, 0.717) is 22.3 Å². The molecule has 43 heavy (non-hydrogen) atoms. The molecule has 0 aliphatic rings. The molecule has 9 aromatic rings. The summed E-state index contributed by atoms with van der Waals surface area (Å²) in [5.74, 6) is 0. The first-order chi connectivity index (χ1) is 24.7. The van der Waals surface area contributed by atoms with Crippen molar-refractivity contribution in [3.63, 3.8) is 0 Å². The first-order valence-electron chi connectivity index (χ1n) is 18.1. The molecule has 0 saturated carbocycles. The zero-order valence-corrected chi connectivity index (χ0v) is 22.8. The summed E-state index contributed by atoms with van der Waals surface area (Å²) in [7, 11) is 0. The lowest BCUT2D eigenvalue weighted by molar-refractivity contribution is 0.669. The van der Waals surface area contributed by atoms with Gasteiger partial charge >= 0.3 is 0 Å². The predicted octanol–water partition coefficient (Wildman–Crippen LogP) is 12.0. The van der Waals surface area contributed by atoms with Gasteiger partial charge in [-0.25, -0.2) is 0 Å². The molecule has 1 aromatic heterocycles. The Labute approximate surface area is 260 Å². The van der Waals surface area contributed by atoms with E-state index in [9.17, 15) is 5.48 Å². The highest BCUT2D eigenvalue weighted by atomic mass is 16.3. The minimum Gasteiger partial charge on any atom is -0.456 e. The van der Waals surface area contributed by atoms with Crippen LogP contribution in [0.2, 0.25) is 0 Å². The van der Waals surface area contributed by atoms with E-state index >= 15 is 0 Å². The molecule has 0 fully saturated rings. The van der Waals surface area contributed by atoms with Crippen LogP contribution in [-0.4, -0.2) is 0 Å². The summed E-state index contributed by atoms with van der Waals surface area (Å²) in [6, 6.07) is 31.8. The van der Waals surface area contributed by atoms with Gasteiger partial charge < -0.3 is 4.42 Å². The number of hydrogen-bond donors (Lipinski definition) is 0. The third kappa shape index (κ3) is 3.72. The largest absolute Gasteiger partial charge is 0.456 e.